The van der Waals surface area contributed by atoms with Crippen LogP contribution in [0.15, 0.2) is 58.5 Å². The van der Waals surface area contributed by atoms with Crippen molar-refractivity contribution in [2.24, 2.45) is 21.6 Å². The summed E-state index contributed by atoms with van der Waals surface area (Å²) in [5.74, 6) is -1.46. The summed E-state index contributed by atoms with van der Waals surface area (Å²) in [5, 5.41) is 40.8. The molecule has 12 heteroatoms. The second-order valence-corrected chi connectivity index (χ2v) is 9.84. The molecule has 1 aromatic heterocycles. The predicted molar refractivity (Wildman–Crippen MR) is 156 cm³/mol. The van der Waals surface area contributed by atoms with E-state index in [2.05, 4.69) is 20.0 Å². The first kappa shape index (κ1) is 29.5. The number of aromatic hydroxyl groups is 4. The molecule has 0 atom stereocenters. The number of hydrogen-bond acceptors (Lipinski definition) is 11. The molecule has 0 radical (unpaired) electrons. The molecule has 0 spiro atoms. The van der Waals surface area contributed by atoms with Gasteiger partial charge in [0, 0.05) is 30.0 Å². The minimum atomic E-state index is -0.668. The molecular weight excluding hydrogens is 542 g/mol. The Balaban J connectivity index is 1.74. The van der Waals surface area contributed by atoms with Gasteiger partial charge in [-0.1, -0.05) is 13.8 Å². The van der Waals surface area contributed by atoms with E-state index in [1.807, 2.05) is 13.8 Å². The smallest absolute Gasteiger partial charge is 0.311 e. The highest BCUT2D eigenvalue weighted by atomic mass is 16.5. The number of phenols is 3. The lowest BCUT2D eigenvalue weighted by molar-refractivity contribution is -0.136. The van der Waals surface area contributed by atoms with Crippen LogP contribution in [0.1, 0.15) is 43.5 Å². The molecule has 4 rings (SSSR count). The number of fused-ring (bicyclic) bond motifs is 1. The topological polar surface area (TPSA) is 201 Å². The first-order valence-corrected chi connectivity index (χ1v) is 12.9. The number of ether oxygens (including phenoxy) is 1. The molecule has 0 fully saturated rings. The van der Waals surface area contributed by atoms with Crippen molar-refractivity contribution in [2.75, 3.05) is 0 Å². The Labute approximate surface area is 240 Å². The maximum atomic E-state index is 12.0. The third-order valence-electron chi connectivity index (χ3n) is 5.92. The Kier molecular flexibility index (Phi) is 8.96. The maximum Gasteiger partial charge on any atom is 0.311 e. The molecule has 0 unspecified atom stereocenters. The normalized spacial score (nSPS) is 11.6. The van der Waals surface area contributed by atoms with Gasteiger partial charge in [0.2, 0.25) is 11.8 Å². The molecule has 0 saturated heterocycles. The third-order valence-corrected chi connectivity index (χ3v) is 5.92. The lowest BCUT2D eigenvalue weighted by Gasteiger charge is -2.09. The van der Waals surface area contributed by atoms with Gasteiger partial charge in [0.25, 0.3) is 0 Å². The number of nitrogens with two attached hydrogens (primary N) is 1. The summed E-state index contributed by atoms with van der Waals surface area (Å²) in [4.78, 5) is 40.7. The summed E-state index contributed by atoms with van der Waals surface area (Å²) in [6.07, 6.45) is 2.82. The zero-order valence-electron chi connectivity index (χ0n) is 22.9. The molecular formula is C30H29N5O7. The standard InChI is InChI=1S/C30H29N5O7/c1-16(2)9-25-30(41)35-24-13-22(21(12-23(24)34-25)32-14-17-10-19(36)3-5-26(17)37)33-15-18-11-20(4-6-27(18)38)42-29(40)8-7-28(31)39/h3-6,10-16,36-38H,7-9H2,1-2H3,(H2,31,39)(H,35,41)/b32-14+,33-15+. The van der Waals surface area contributed by atoms with E-state index in [1.165, 1.54) is 48.8 Å². The van der Waals surface area contributed by atoms with Crippen molar-refractivity contribution in [3.63, 3.8) is 0 Å². The Hall–Kier alpha value is -5.52. The van der Waals surface area contributed by atoms with Crippen LogP contribution in [-0.4, -0.2) is 54.7 Å². The number of aliphatic imine (C=N–C) groups is 2. The number of esters is 1. The number of rotatable bonds is 10. The number of primary amides is 1. The molecule has 1 amide bonds. The molecule has 0 saturated carbocycles. The average molecular weight is 572 g/mol. The van der Waals surface area contributed by atoms with Gasteiger partial charge in [-0.2, -0.15) is 0 Å². The number of carbonyl (C=O) groups excluding carboxylic acids is 2. The maximum absolute atomic E-state index is 12.0. The van der Waals surface area contributed by atoms with Gasteiger partial charge >= 0.3 is 5.97 Å². The van der Waals surface area contributed by atoms with E-state index in [-0.39, 0.29) is 64.5 Å². The third kappa shape index (κ3) is 7.56. The van der Waals surface area contributed by atoms with Crippen LogP contribution in [0, 0.1) is 5.92 Å². The van der Waals surface area contributed by atoms with Crippen molar-refractivity contribution >= 4 is 46.7 Å². The Morgan fingerprint density at radius 1 is 0.857 bits per heavy atom. The second-order valence-electron chi connectivity index (χ2n) is 9.84. The van der Waals surface area contributed by atoms with Crippen LogP contribution in [0.25, 0.3) is 11.0 Å². The number of nitrogens with zero attached hydrogens (tertiary/aromatic N) is 4. The first-order valence-electron chi connectivity index (χ1n) is 12.9. The van der Waals surface area contributed by atoms with Gasteiger partial charge in [-0.15, -0.1) is 0 Å². The number of hydrogen-bond donors (Lipinski definition) is 5. The largest absolute Gasteiger partial charge is 0.508 e. The minimum absolute atomic E-state index is 0.0589. The van der Waals surface area contributed by atoms with Crippen LogP contribution >= 0.6 is 0 Å². The van der Waals surface area contributed by atoms with Crippen molar-refractivity contribution in [1.82, 2.24) is 9.97 Å². The monoisotopic (exact) mass is 571 g/mol. The van der Waals surface area contributed by atoms with Gasteiger partial charge in [0.05, 0.1) is 28.8 Å². The zero-order valence-corrected chi connectivity index (χ0v) is 22.9. The summed E-state index contributed by atoms with van der Waals surface area (Å²) in [6.45, 7) is 3.99. The van der Waals surface area contributed by atoms with Gasteiger partial charge in [-0.25, -0.2) is 9.97 Å². The van der Waals surface area contributed by atoms with E-state index in [0.717, 1.165) is 0 Å². The van der Waals surface area contributed by atoms with Gasteiger partial charge in [-0.3, -0.25) is 19.6 Å². The van der Waals surface area contributed by atoms with E-state index in [0.29, 0.717) is 28.8 Å². The van der Waals surface area contributed by atoms with Crippen molar-refractivity contribution in [2.45, 2.75) is 33.1 Å². The highest BCUT2D eigenvalue weighted by Crippen LogP contribution is 2.34. The van der Waals surface area contributed by atoms with Crippen LogP contribution in [-0.2, 0) is 16.0 Å². The lowest BCUT2D eigenvalue weighted by atomic mass is 10.1. The fourth-order valence-corrected chi connectivity index (χ4v) is 3.87. The molecule has 0 aliphatic heterocycles. The highest BCUT2D eigenvalue weighted by Gasteiger charge is 2.14. The van der Waals surface area contributed by atoms with Crippen LogP contribution < -0.4 is 10.5 Å². The fourth-order valence-electron chi connectivity index (χ4n) is 3.87. The van der Waals surface area contributed by atoms with E-state index in [9.17, 15) is 30.0 Å². The molecule has 12 nitrogen and oxygen atoms in total. The zero-order chi connectivity index (χ0) is 30.4. The first-order chi connectivity index (χ1) is 20.0. The molecule has 1 heterocycles. The Morgan fingerprint density at radius 2 is 1.45 bits per heavy atom. The highest BCUT2D eigenvalue weighted by molar-refractivity contribution is 5.94. The summed E-state index contributed by atoms with van der Waals surface area (Å²) < 4.78 is 5.22. The van der Waals surface area contributed by atoms with Crippen molar-refractivity contribution < 1.29 is 34.8 Å². The molecule has 4 aromatic rings. The van der Waals surface area contributed by atoms with E-state index in [1.54, 1.807) is 12.1 Å². The second kappa shape index (κ2) is 12.8. The number of phenolic OH excluding ortho intramolecular Hbond substituents is 3. The SMILES string of the molecule is CC(C)Cc1nc2cc(/N=C/c3cc(O)ccc3O)c(/N=C/c3cc(OC(=O)CCC(N)=O)ccc3O)cc2nc1O. The fraction of sp³-hybridized carbons (Fsp3) is 0.200. The van der Waals surface area contributed by atoms with Gasteiger partial charge in [0.1, 0.15) is 28.7 Å². The Bertz CT molecular complexity index is 1720. The van der Waals surface area contributed by atoms with Crippen LogP contribution in [0.5, 0.6) is 28.9 Å². The van der Waals surface area contributed by atoms with Crippen molar-refractivity contribution in [3.05, 3.63) is 65.4 Å². The molecule has 3 aromatic carbocycles. The van der Waals surface area contributed by atoms with E-state index in [4.69, 9.17) is 10.5 Å². The molecule has 0 bridgehead atoms. The van der Waals surface area contributed by atoms with E-state index < -0.39 is 11.9 Å². The Morgan fingerprint density at radius 3 is 2.07 bits per heavy atom. The van der Waals surface area contributed by atoms with Crippen LogP contribution in [0.3, 0.4) is 0 Å². The van der Waals surface area contributed by atoms with Crippen molar-refractivity contribution in [1.29, 1.82) is 0 Å². The van der Waals surface area contributed by atoms with E-state index >= 15 is 0 Å². The van der Waals surface area contributed by atoms with Crippen LogP contribution in [0.2, 0.25) is 0 Å². The summed E-state index contributed by atoms with van der Waals surface area (Å²) in [5.41, 5.74) is 7.33. The number of amides is 1. The van der Waals surface area contributed by atoms with Gasteiger partial charge in [0.15, 0.2) is 0 Å². The molecule has 0 aliphatic rings. The molecule has 42 heavy (non-hydrogen) atoms. The van der Waals surface area contributed by atoms with Gasteiger partial charge in [-0.05, 0) is 60.9 Å². The van der Waals surface area contributed by atoms with Gasteiger partial charge < -0.3 is 30.9 Å². The number of carbonyl (C=O) groups is 2. The summed E-state index contributed by atoms with van der Waals surface area (Å²) in [6, 6.07) is 11.3. The number of aromatic nitrogens is 2. The lowest BCUT2D eigenvalue weighted by Crippen LogP contribution is -2.15. The number of benzene rings is 3. The average Bonchev–Trinajstić information content (AvgIpc) is 2.93. The summed E-state index contributed by atoms with van der Waals surface area (Å²) >= 11 is 0. The minimum Gasteiger partial charge on any atom is -0.508 e. The van der Waals surface area contributed by atoms with Crippen molar-refractivity contribution in [3.8, 4) is 28.9 Å². The quantitative estimate of drug-likeness (QED) is 0.0795. The van der Waals surface area contributed by atoms with Crippen LogP contribution in [0.4, 0.5) is 11.4 Å². The molecule has 0 aliphatic carbocycles. The summed E-state index contributed by atoms with van der Waals surface area (Å²) in [7, 11) is 0. The molecule has 216 valence electrons. The predicted octanol–water partition coefficient (Wildman–Crippen LogP) is 4.32. The molecule has 6 N–H and O–H groups in total.